The van der Waals surface area contributed by atoms with Crippen molar-refractivity contribution in [3.63, 3.8) is 0 Å². The lowest BCUT2D eigenvalue weighted by atomic mass is 10.1. The quantitative estimate of drug-likeness (QED) is 0.810. The second kappa shape index (κ2) is 7.30. The number of carbonyl (C=O) groups excluding carboxylic acids is 1. The van der Waals surface area contributed by atoms with Gasteiger partial charge in [-0.3, -0.25) is 4.79 Å². The van der Waals surface area contributed by atoms with Gasteiger partial charge in [0.1, 0.15) is 16.5 Å². The van der Waals surface area contributed by atoms with Gasteiger partial charge in [-0.15, -0.1) is 0 Å². The Bertz CT molecular complexity index is 748. The molecule has 0 radical (unpaired) electrons. The number of amides is 1. The van der Waals surface area contributed by atoms with Crippen LogP contribution in [0.5, 0.6) is 11.5 Å². The first kappa shape index (κ1) is 17.1. The number of hydrogen-bond acceptors (Lipinski definition) is 4. The molecule has 2 rings (SSSR count). The first-order valence-electron chi connectivity index (χ1n) is 6.59. The lowest BCUT2D eigenvalue weighted by molar-refractivity contribution is 0.102. The molecule has 0 bridgehead atoms. The average molecular weight is 351 g/mol. The maximum atomic E-state index is 12.3. The molecule has 120 valence electrons. The Balaban J connectivity index is 2.26. The molecule has 7 heteroatoms. The van der Waals surface area contributed by atoms with Crippen molar-refractivity contribution in [2.45, 2.75) is 0 Å². The molecular formula is C16H15ClN2O3S. The zero-order chi connectivity index (χ0) is 17.0. The van der Waals surface area contributed by atoms with Gasteiger partial charge in [0.25, 0.3) is 5.91 Å². The van der Waals surface area contributed by atoms with Crippen LogP contribution in [0, 0.1) is 0 Å². The molecule has 2 aromatic rings. The highest BCUT2D eigenvalue weighted by Gasteiger charge is 2.13. The fraction of sp³-hybridized carbons (Fsp3) is 0.125. The van der Waals surface area contributed by atoms with E-state index in [1.165, 1.54) is 14.2 Å². The molecule has 5 nitrogen and oxygen atoms in total. The third-order valence-corrected chi connectivity index (χ3v) is 3.68. The number of carbonyl (C=O) groups is 1. The SMILES string of the molecule is COc1cc(OC)c(NC(=O)c2ccc(C(N)=S)cc2)cc1Cl. The molecule has 0 saturated carbocycles. The largest absolute Gasteiger partial charge is 0.495 e. The Hall–Kier alpha value is -2.31. The normalized spacial score (nSPS) is 10.0. The van der Waals surface area contributed by atoms with Gasteiger partial charge in [-0.2, -0.15) is 0 Å². The number of methoxy groups -OCH3 is 2. The molecule has 0 aliphatic rings. The molecule has 0 fully saturated rings. The van der Waals surface area contributed by atoms with Crippen molar-refractivity contribution in [1.82, 2.24) is 0 Å². The van der Waals surface area contributed by atoms with Crippen molar-refractivity contribution >= 4 is 40.4 Å². The molecule has 3 N–H and O–H groups in total. The van der Waals surface area contributed by atoms with Crippen LogP contribution in [0.1, 0.15) is 15.9 Å². The maximum absolute atomic E-state index is 12.3. The van der Waals surface area contributed by atoms with Crippen molar-refractivity contribution in [3.8, 4) is 11.5 Å². The Morgan fingerprint density at radius 2 is 1.65 bits per heavy atom. The second-order valence-corrected chi connectivity index (χ2v) is 5.43. The highest BCUT2D eigenvalue weighted by Crippen LogP contribution is 2.36. The number of ether oxygens (including phenoxy) is 2. The Morgan fingerprint density at radius 3 is 2.17 bits per heavy atom. The Kier molecular flexibility index (Phi) is 5.41. The fourth-order valence-corrected chi connectivity index (χ4v) is 2.31. The minimum absolute atomic E-state index is 0.278. The molecule has 23 heavy (non-hydrogen) atoms. The van der Waals surface area contributed by atoms with Gasteiger partial charge in [0, 0.05) is 17.2 Å². The highest BCUT2D eigenvalue weighted by molar-refractivity contribution is 7.80. The van der Waals surface area contributed by atoms with Crippen LogP contribution in [0.2, 0.25) is 5.02 Å². The van der Waals surface area contributed by atoms with Crippen LogP contribution >= 0.6 is 23.8 Å². The summed E-state index contributed by atoms with van der Waals surface area (Å²) in [5, 5.41) is 3.12. The third-order valence-electron chi connectivity index (χ3n) is 3.15. The van der Waals surface area contributed by atoms with Crippen molar-refractivity contribution in [2.75, 3.05) is 19.5 Å². The number of nitrogens with two attached hydrogens (primary N) is 1. The van der Waals surface area contributed by atoms with Gasteiger partial charge in [0.05, 0.1) is 24.9 Å². The van der Waals surface area contributed by atoms with Gasteiger partial charge in [-0.25, -0.2) is 0 Å². The summed E-state index contributed by atoms with van der Waals surface area (Å²) in [4.78, 5) is 12.6. The number of rotatable bonds is 5. The van der Waals surface area contributed by atoms with Crippen molar-refractivity contribution in [1.29, 1.82) is 0 Å². The number of hydrogen-bond donors (Lipinski definition) is 2. The summed E-state index contributed by atoms with van der Waals surface area (Å²) < 4.78 is 10.4. The first-order valence-corrected chi connectivity index (χ1v) is 7.37. The minimum Gasteiger partial charge on any atom is -0.495 e. The van der Waals surface area contributed by atoms with Crippen molar-refractivity contribution in [2.24, 2.45) is 5.73 Å². The molecule has 0 saturated heterocycles. The van der Waals surface area contributed by atoms with Gasteiger partial charge < -0.3 is 20.5 Å². The standard InChI is InChI=1S/C16H15ClN2O3S/c1-21-13-8-14(22-2)12(7-11(13)17)19-16(20)10-5-3-9(4-6-10)15(18)23/h3-8H,1-2H3,(H2,18,23)(H,19,20). The molecular weight excluding hydrogens is 336 g/mol. The molecule has 1 amide bonds. The summed E-state index contributed by atoms with van der Waals surface area (Å²) in [6, 6.07) is 9.84. The Labute approximate surface area is 144 Å². The van der Waals surface area contributed by atoms with E-state index >= 15 is 0 Å². The van der Waals surface area contributed by atoms with Crippen LogP contribution in [-0.2, 0) is 0 Å². The number of halogens is 1. The van der Waals surface area contributed by atoms with Gasteiger partial charge >= 0.3 is 0 Å². The third kappa shape index (κ3) is 3.91. The van der Waals surface area contributed by atoms with E-state index in [9.17, 15) is 4.79 Å². The second-order valence-electron chi connectivity index (χ2n) is 4.58. The first-order chi connectivity index (χ1) is 11.0. The van der Waals surface area contributed by atoms with Crippen LogP contribution in [0.25, 0.3) is 0 Å². The van der Waals surface area contributed by atoms with E-state index in [0.717, 1.165) is 0 Å². The molecule has 0 aliphatic heterocycles. The summed E-state index contributed by atoms with van der Waals surface area (Å²) >= 11 is 11.0. The molecule has 0 unspecified atom stereocenters. The summed E-state index contributed by atoms with van der Waals surface area (Å²) in [5.41, 5.74) is 7.13. The lowest BCUT2D eigenvalue weighted by Crippen LogP contribution is -2.14. The summed E-state index contributed by atoms with van der Waals surface area (Å²) in [6.07, 6.45) is 0. The smallest absolute Gasteiger partial charge is 0.255 e. The predicted molar refractivity (Wildman–Crippen MR) is 94.8 cm³/mol. The molecule has 0 aromatic heterocycles. The summed E-state index contributed by atoms with van der Waals surface area (Å²) in [5.74, 6) is 0.598. The molecule has 2 aromatic carbocycles. The van der Waals surface area contributed by atoms with Crippen molar-refractivity contribution < 1.29 is 14.3 Å². The van der Waals surface area contributed by atoms with E-state index in [1.54, 1.807) is 36.4 Å². The van der Waals surface area contributed by atoms with Gasteiger partial charge in [0.15, 0.2) is 0 Å². The van der Waals surface area contributed by atoms with E-state index < -0.39 is 0 Å². The minimum atomic E-state index is -0.306. The van der Waals surface area contributed by atoms with Crippen LogP contribution in [0.4, 0.5) is 5.69 Å². The highest BCUT2D eigenvalue weighted by atomic mass is 35.5. The molecule has 0 atom stereocenters. The van der Waals surface area contributed by atoms with E-state index in [-0.39, 0.29) is 10.9 Å². The number of nitrogens with one attached hydrogen (secondary N) is 1. The maximum Gasteiger partial charge on any atom is 0.255 e. The number of benzene rings is 2. The zero-order valence-corrected chi connectivity index (χ0v) is 14.1. The van der Waals surface area contributed by atoms with Crippen LogP contribution in [-0.4, -0.2) is 25.1 Å². The Morgan fingerprint density at radius 1 is 1.09 bits per heavy atom. The van der Waals surface area contributed by atoms with Crippen LogP contribution < -0.4 is 20.5 Å². The van der Waals surface area contributed by atoms with Crippen LogP contribution in [0.15, 0.2) is 36.4 Å². The monoisotopic (exact) mass is 350 g/mol. The lowest BCUT2D eigenvalue weighted by Gasteiger charge is -2.13. The molecule has 0 heterocycles. The van der Waals surface area contributed by atoms with Gasteiger partial charge in [0.2, 0.25) is 0 Å². The van der Waals surface area contributed by atoms with E-state index in [2.05, 4.69) is 5.32 Å². The predicted octanol–water partition coefficient (Wildman–Crippen LogP) is 3.24. The van der Waals surface area contributed by atoms with E-state index in [1.807, 2.05) is 0 Å². The molecule has 0 aliphatic carbocycles. The fourth-order valence-electron chi connectivity index (χ4n) is 1.94. The zero-order valence-electron chi connectivity index (χ0n) is 12.6. The topological polar surface area (TPSA) is 73.6 Å². The number of anilines is 1. The summed E-state index contributed by atoms with van der Waals surface area (Å²) in [7, 11) is 3.00. The summed E-state index contributed by atoms with van der Waals surface area (Å²) in [6.45, 7) is 0. The van der Waals surface area contributed by atoms with E-state index in [4.69, 9.17) is 39.0 Å². The van der Waals surface area contributed by atoms with Crippen LogP contribution in [0.3, 0.4) is 0 Å². The average Bonchev–Trinajstić information content (AvgIpc) is 2.55. The van der Waals surface area contributed by atoms with Gasteiger partial charge in [-0.1, -0.05) is 36.0 Å². The van der Waals surface area contributed by atoms with E-state index in [0.29, 0.717) is 33.3 Å². The van der Waals surface area contributed by atoms with Gasteiger partial charge in [-0.05, 0) is 18.2 Å². The number of thiocarbonyl (C=S) groups is 1. The molecule has 0 spiro atoms. The van der Waals surface area contributed by atoms with Crippen molar-refractivity contribution in [3.05, 3.63) is 52.5 Å².